The second-order valence-corrected chi connectivity index (χ2v) is 3.54. The van der Waals surface area contributed by atoms with Crippen molar-refractivity contribution in [2.24, 2.45) is 0 Å². The Kier molecular flexibility index (Phi) is 4.39. The molecule has 0 spiro atoms. The molecule has 0 bridgehead atoms. The summed E-state index contributed by atoms with van der Waals surface area (Å²) in [5.41, 5.74) is 1.54. The van der Waals surface area contributed by atoms with Gasteiger partial charge in [-0.05, 0) is 18.1 Å². The van der Waals surface area contributed by atoms with Gasteiger partial charge in [0.2, 0.25) is 0 Å². The summed E-state index contributed by atoms with van der Waals surface area (Å²) in [6.45, 7) is 1.78. The van der Waals surface area contributed by atoms with Gasteiger partial charge in [0.25, 0.3) is 5.69 Å². The molecule has 17 heavy (non-hydrogen) atoms. The number of hydrogen-bond acceptors (Lipinski definition) is 4. The van der Waals surface area contributed by atoms with Gasteiger partial charge in [-0.15, -0.1) is 0 Å². The van der Waals surface area contributed by atoms with Crippen LogP contribution >= 0.6 is 0 Å². The molecule has 0 radical (unpaired) electrons. The van der Waals surface area contributed by atoms with Crippen molar-refractivity contribution in [2.75, 3.05) is 7.11 Å². The first-order chi connectivity index (χ1) is 8.02. The van der Waals surface area contributed by atoms with Crippen molar-refractivity contribution in [1.29, 1.82) is 0 Å². The highest BCUT2D eigenvalue weighted by atomic mass is 16.6. The number of carbonyl (C=O) groups excluding carboxylic acids is 1. The number of ether oxygens (including phenoxy) is 1. The molecule has 0 unspecified atom stereocenters. The number of nitrogens with zero attached hydrogens (tertiary/aromatic N) is 1. The van der Waals surface area contributed by atoms with Crippen LogP contribution in [0.15, 0.2) is 24.3 Å². The smallest absolute Gasteiger partial charge is 0.309 e. The zero-order valence-corrected chi connectivity index (χ0v) is 9.67. The van der Waals surface area contributed by atoms with Crippen LogP contribution in [0.1, 0.15) is 17.5 Å². The topological polar surface area (TPSA) is 69.4 Å². The molecule has 1 rings (SSSR count). The van der Waals surface area contributed by atoms with Gasteiger partial charge in [0, 0.05) is 12.1 Å². The van der Waals surface area contributed by atoms with Gasteiger partial charge in [-0.3, -0.25) is 14.9 Å². The van der Waals surface area contributed by atoms with Gasteiger partial charge in [-0.25, -0.2) is 0 Å². The van der Waals surface area contributed by atoms with E-state index in [4.69, 9.17) is 0 Å². The third kappa shape index (κ3) is 4.06. The van der Waals surface area contributed by atoms with E-state index in [0.717, 1.165) is 5.56 Å². The van der Waals surface area contributed by atoms with E-state index in [0.29, 0.717) is 5.56 Å². The minimum Gasteiger partial charge on any atom is -0.469 e. The number of aryl methyl sites for hydroxylation is 1. The molecule has 0 atom stereocenters. The summed E-state index contributed by atoms with van der Waals surface area (Å²) < 4.78 is 4.48. The fraction of sp³-hybridized carbons (Fsp3) is 0.250. The summed E-state index contributed by atoms with van der Waals surface area (Å²) in [6, 6.07) is 4.76. The maximum atomic E-state index is 10.9. The lowest BCUT2D eigenvalue weighted by Crippen LogP contribution is -1.96. The monoisotopic (exact) mass is 235 g/mol. The standard InChI is InChI=1S/C12H13NO4/c1-9-6-10(4-3-5-12(14)17-2)8-11(7-9)13(15)16/h3-4,6-8H,5H2,1-2H3. The molecule has 0 aliphatic heterocycles. The Labute approximate surface area is 98.9 Å². The van der Waals surface area contributed by atoms with Crippen molar-refractivity contribution in [3.8, 4) is 0 Å². The second kappa shape index (κ2) is 5.79. The molecule has 5 nitrogen and oxygen atoms in total. The quantitative estimate of drug-likeness (QED) is 0.456. The molecular weight excluding hydrogens is 222 g/mol. The predicted molar refractivity (Wildman–Crippen MR) is 63.5 cm³/mol. The fourth-order valence-corrected chi connectivity index (χ4v) is 1.37. The number of rotatable bonds is 4. The molecule has 0 saturated heterocycles. The summed E-state index contributed by atoms with van der Waals surface area (Å²) in [5.74, 6) is -0.344. The van der Waals surface area contributed by atoms with Crippen LogP contribution < -0.4 is 0 Å². The van der Waals surface area contributed by atoms with E-state index < -0.39 is 4.92 Å². The first-order valence-electron chi connectivity index (χ1n) is 5.02. The minimum atomic E-state index is -0.440. The lowest BCUT2D eigenvalue weighted by atomic mass is 10.1. The van der Waals surface area contributed by atoms with Crippen molar-refractivity contribution in [3.05, 3.63) is 45.5 Å². The fourth-order valence-electron chi connectivity index (χ4n) is 1.37. The summed E-state index contributed by atoms with van der Waals surface area (Å²) in [7, 11) is 1.31. The molecule has 1 aromatic rings. The van der Waals surface area contributed by atoms with Crippen molar-refractivity contribution in [2.45, 2.75) is 13.3 Å². The molecule has 0 fully saturated rings. The summed E-state index contributed by atoms with van der Waals surface area (Å²) >= 11 is 0. The lowest BCUT2D eigenvalue weighted by molar-refractivity contribution is -0.384. The zero-order valence-electron chi connectivity index (χ0n) is 9.67. The van der Waals surface area contributed by atoms with Crippen LogP contribution in [0, 0.1) is 17.0 Å². The van der Waals surface area contributed by atoms with Gasteiger partial charge in [-0.1, -0.05) is 18.2 Å². The third-order valence-corrected chi connectivity index (χ3v) is 2.12. The molecule has 0 saturated carbocycles. The molecule has 1 aromatic carbocycles. The predicted octanol–water partition coefficient (Wildman–Crippen LogP) is 2.48. The Balaban J connectivity index is 2.84. The van der Waals surface area contributed by atoms with Crippen LogP contribution in [0.25, 0.3) is 6.08 Å². The van der Waals surface area contributed by atoms with Crippen LogP contribution in [0.2, 0.25) is 0 Å². The van der Waals surface area contributed by atoms with E-state index in [1.165, 1.54) is 19.2 Å². The van der Waals surface area contributed by atoms with E-state index in [2.05, 4.69) is 4.74 Å². The highest BCUT2D eigenvalue weighted by Gasteiger charge is 2.06. The van der Waals surface area contributed by atoms with Gasteiger partial charge in [0.1, 0.15) is 0 Å². The molecule has 0 heterocycles. The van der Waals surface area contributed by atoms with Gasteiger partial charge < -0.3 is 4.74 Å². The van der Waals surface area contributed by atoms with Gasteiger partial charge in [0.15, 0.2) is 0 Å². The van der Waals surface area contributed by atoms with E-state index in [9.17, 15) is 14.9 Å². The molecule has 0 aliphatic carbocycles. The average Bonchev–Trinajstić information content (AvgIpc) is 2.28. The number of methoxy groups -OCH3 is 1. The molecule has 0 aromatic heterocycles. The molecular formula is C12H13NO4. The van der Waals surface area contributed by atoms with Crippen molar-refractivity contribution >= 4 is 17.7 Å². The second-order valence-electron chi connectivity index (χ2n) is 3.54. The first-order valence-corrected chi connectivity index (χ1v) is 5.02. The molecule has 0 aliphatic rings. The Morgan fingerprint density at radius 2 is 2.18 bits per heavy atom. The summed E-state index contributed by atoms with van der Waals surface area (Å²) in [6.07, 6.45) is 3.43. The van der Waals surface area contributed by atoms with E-state index in [-0.39, 0.29) is 18.1 Å². The van der Waals surface area contributed by atoms with E-state index >= 15 is 0 Å². The van der Waals surface area contributed by atoms with Crippen molar-refractivity contribution in [3.63, 3.8) is 0 Å². The summed E-state index contributed by atoms with van der Waals surface area (Å²) in [4.78, 5) is 21.1. The Morgan fingerprint density at radius 3 is 2.76 bits per heavy atom. The van der Waals surface area contributed by atoms with Crippen molar-refractivity contribution in [1.82, 2.24) is 0 Å². The van der Waals surface area contributed by atoms with E-state index in [1.54, 1.807) is 25.1 Å². The maximum Gasteiger partial charge on any atom is 0.309 e. The molecule has 0 N–H and O–H groups in total. The number of hydrogen-bond donors (Lipinski definition) is 0. The van der Waals surface area contributed by atoms with E-state index in [1.807, 2.05) is 0 Å². The number of carbonyl (C=O) groups is 1. The van der Waals surface area contributed by atoms with Gasteiger partial charge in [0.05, 0.1) is 18.5 Å². The van der Waals surface area contributed by atoms with Gasteiger partial charge >= 0.3 is 5.97 Å². The molecule has 5 heteroatoms. The van der Waals surface area contributed by atoms with Crippen LogP contribution in [-0.2, 0) is 9.53 Å². The van der Waals surface area contributed by atoms with Crippen LogP contribution in [0.5, 0.6) is 0 Å². The lowest BCUT2D eigenvalue weighted by Gasteiger charge is -1.98. The number of nitro benzene ring substituents is 1. The third-order valence-electron chi connectivity index (χ3n) is 2.12. The highest BCUT2D eigenvalue weighted by molar-refractivity contribution is 5.72. The number of non-ortho nitro benzene ring substituents is 1. The largest absolute Gasteiger partial charge is 0.469 e. The maximum absolute atomic E-state index is 10.9. The first kappa shape index (κ1) is 12.9. The van der Waals surface area contributed by atoms with Crippen LogP contribution in [0.4, 0.5) is 5.69 Å². The molecule has 90 valence electrons. The Hall–Kier alpha value is -2.17. The number of benzene rings is 1. The van der Waals surface area contributed by atoms with Crippen LogP contribution in [0.3, 0.4) is 0 Å². The van der Waals surface area contributed by atoms with Crippen molar-refractivity contribution < 1.29 is 14.5 Å². The normalized spacial score (nSPS) is 10.5. The Bertz CT molecular complexity index is 466. The number of nitro groups is 1. The SMILES string of the molecule is COC(=O)CC=Cc1cc(C)cc([N+](=O)[O-])c1. The average molecular weight is 235 g/mol. The number of esters is 1. The summed E-state index contributed by atoms with van der Waals surface area (Å²) in [5, 5.41) is 10.6. The minimum absolute atomic E-state index is 0.0442. The molecule has 0 amide bonds. The highest BCUT2D eigenvalue weighted by Crippen LogP contribution is 2.17. The van der Waals surface area contributed by atoms with Gasteiger partial charge in [-0.2, -0.15) is 0 Å². The zero-order chi connectivity index (χ0) is 12.8. The Morgan fingerprint density at radius 1 is 1.47 bits per heavy atom. The van der Waals surface area contributed by atoms with Crippen LogP contribution in [-0.4, -0.2) is 18.0 Å².